The van der Waals surface area contributed by atoms with Crippen molar-refractivity contribution in [2.24, 2.45) is 0 Å². The number of amides is 1. The molecule has 1 fully saturated rings. The number of benzene rings is 1. The topological polar surface area (TPSA) is 81.7 Å². The van der Waals surface area contributed by atoms with E-state index in [1.54, 1.807) is 12.1 Å². The number of rotatable bonds is 5. The molecule has 1 saturated heterocycles. The lowest BCUT2D eigenvalue weighted by Gasteiger charge is -2.34. The maximum Gasteiger partial charge on any atom is 0.255 e. The van der Waals surface area contributed by atoms with Gasteiger partial charge in [-0.15, -0.1) is 0 Å². The van der Waals surface area contributed by atoms with Gasteiger partial charge in [0.2, 0.25) is 0 Å². The van der Waals surface area contributed by atoms with Gasteiger partial charge in [-0.3, -0.25) is 4.79 Å². The molecule has 128 valence electrons. The third kappa shape index (κ3) is 5.93. The number of hydrogen-bond donors (Lipinski definition) is 1. The summed E-state index contributed by atoms with van der Waals surface area (Å²) in [4.78, 5) is 12.1. The Hall–Kier alpha value is -1.44. The summed E-state index contributed by atoms with van der Waals surface area (Å²) in [6.45, 7) is 4.42. The molecular formula is C16H23NO5S. The Labute approximate surface area is 137 Å². The van der Waals surface area contributed by atoms with Crippen LogP contribution in [0, 0.1) is 0 Å². The van der Waals surface area contributed by atoms with Crippen LogP contribution in [0.25, 0.3) is 0 Å². The lowest BCUT2D eigenvalue weighted by molar-refractivity contribution is -0.179. The maximum absolute atomic E-state index is 12.1. The van der Waals surface area contributed by atoms with Crippen LogP contribution in [0.1, 0.15) is 19.4 Å². The van der Waals surface area contributed by atoms with E-state index in [1.165, 1.54) is 6.26 Å². The van der Waals surface area contributed by atoms with E-state index >= 15 is 0 Å². The van der Waals surface area contributed by atoms with Gasteiger partial charge >= 0.3 is 0 Å². The second-order valence-corrected chi connectivity index (χ2v) is 8.70. The third-order valence-electron chi connectivity index (χ3n) is 3.53. The van der Waals surface area contributed by atoms with E-state index in [9.17, 15) is 13.2 Å². The van der Waals surface area contributed by atoms with Crippen LogP contribution in [0.5, 0.6) is 0 Å². The van der Waals surface area contributed by atoms with Crippen LogP contribution < -0.4 is 5.32 Å². The van der Waals surface area contributed by atoms with Gasteiger partial charge in [-0.2, -0.15) is 0 Å². The smallest absolute Gasteiger partial charge is 0.255 e. The second kappa shape index (κ2) is 6.98. The van der Waals surface area contributed by atoms with Crippen molar-refractivity contribution in [2.45, 2.75) is 32.0 Å². The summed E-state index contributed by atoms with van der Waals surface area (Å²) in [7, 11) is -2.98. The molecule has 1 heterocycles. The van der Waals surface area contributed by atoms with Crippen molar-refractivity contribution < 1.29 is 22.7 Å². The zero-order valence-electron chi connectivity index (χ0n) is 13.7. The van der Waals surface area contributed by atoms with Crippen LogP contribution in [0.15, 0.2) is 24.3 Å². The summed E-state index contributed by atoms with van der Waals surface area (Å²) < 4.78 is 33.4. The average Bonchev–Trinajstić information content (AvgIpc) is 2.45. The molecule has 0 aromatic heterocycles. The molecule has 7 heteroatoms. The quantitative estimate of drug-likeness (QED) is 0.876. The average molecular weight is 341 g/mol. The molecule has 0 radical (unpaired) electrons. The van der Waals surface area contributed by atoms with Gasteiger partial charge in [0.05, 0.1) is 24.6 Å². The maximum atomic E-state index is 12.1. The summed E-state index contributed by atoms with van der Waals surface area (Å²) in [5.41, 5.74) is 1.19. The Kier molecular flexibility index (Phi) is 5.44. The molecular weight excluding hydrogens is 318 g/mol. The van der Waals surface area contributed by atoms with E-state index in [4.69, 9.17) is 9.47 Å². The molecule has 1 aliphatic rings. The van der Waals surface area contributed by atoms with E-state index in [1.807, 2.05) is 26.0 Å². The number of aryl methyl sites for hydroxylation is 1. The zero-order chi connectivity index (χ0) is 17.1. The fourth-order valence-electron chi connectivity index (χ4n) is 2.12. The number of hydrogen-bond acceptors (Lipinski definition) is 5. The van der Waals surface area contributed by atoms with Crippen molar-refractivity contribution in [3.05, 3.63) is 29.8 Å². The van der Waals surface area contributed by atoms with E-state index in [2.05, 4.69) is 5.32 Å². The minimum Gasteiger partial charge on any atom is -0.370 e. The van der Waals surface area contributed by atoms with E-state index in [0.29, 0.717) is 18.7 Å². The number of nitrogens with one attached hydrogen (secondary N) is 1. The molecule has 1 aliphatic heterocycles. The molecule has 1 aromatic carbocycles. The number of carbonyl (C=O) groups is 1. The molecule has 23 heavy (non-hydrogen) atoms. The minimum atomic E-state index is -2.98. The molecule has 0 spiro atoms. The summed E-state index contributed by atoms with van der Waals surface area (Å²) in [5, 5.41) is 2.78. The molecule has 1 N–H and O–H groups in total. The van der Waals surface area contributed by atoms with E-state index in [0.717, 1.165) is 5.56 Å². The summed E-state index contributed by atoms with van der Waals surface area (Å²) in [5.74, 6) is -0.133. The van der Waals surface area contributed by atoms with Crippen molar-refractivity contribution >= 4 is 21.4 Å². The Bertz CT molecular complexity index is 642. The summed E-state index contributed by atoms with van der Waals surface area (Å²) >= 11 is 0. The van der Waals surface area contributed by atoms with Gasteiger partial charge in [0, 0.05) is 11.9 Å². The van der Waals surface area contributed by atoms with Gasteiger partial charge in [-0.05, 0) is 38.0 Å². The fraction of sp³-hybridized carbons (Fsp3) is 0.562. The molecule has 0 aliphatic carbocycles. The first-order valence-corrected chi connectivity index (χ1v) is 9.54. The number of ether oxygens (including phenoxy) is 2. The molecule has 6 nitrogen and oxygen atoms in total. The zero-order valence-corrected chi connectivity index (χ0v) is 14.5. The van der Waals surface area contributed by atoms with Crippen LogP contribution in [0.2, 0.25) is 0 Å². The van der Waals surface area contributed by atoms with Gasteiger partial charge in [0.25, 0.3) is 5.91 Å². The first-order valence-electron chi connectivity index (χ1n) is 7.48. The first kappa shape index (κ1) is 17.9. The van der Waals surface area contributed by atoms with Gasteiger partial charge in [-0.25, -0.2) is 8.42 Å². The molecule has 1 amide bonds. The van der Waals surface area contributed by atoms with Crippen molar-refractivity contribution in [3.8, 4) is 0 Å². The van der Waals surface area contributed by atoms with Crippen LogP contribution in [-0.2, 0) is 30.5 Å². The van der Waals surface area contributed by atoms with Crippen molar-refractivity contribution in [1.29, 1.82) is 0 Å². The Morgan fingerprint density at radius 1 is 1.30 bits per heavy atom. The first-order chi connectivity index (χ1) is 10.6. The highest BCUT2D eigenvalue weighted by molar-refractivity contribution is 7.90. The molecule has 0 saturated carbocycles. The van der Waals surface area contributed by atoms with Crippen LogP contribution >= 0.6 is 0 Å². The molecule has 1 aromatic rings. The van der Waals surface area contributed by atoms with Crippen LogP contribution in [-0.4, -0.2) is 51.3 Å². The number of anilines is 1. The highest BCUT2D eigenvalue weighted by Gasteiger charge is 2.32. The molecule has 2 rings (SSSR count). The highest BCUT2D eigenvalue weighted by Crippen LogP contribution is 2.19. The Morgan fingerprint density at radius 2 is 1.96 bits per heavy atom. The summed E-state index contributed by atoms with van der Waals surface area (Å²) in [6, 6.07) is 7.12. The standard InChI is InChI=1S/C16H23NO5S/c1-16(2)11-21-14(10-22-16)15(18)17-13-6-4-12(5-7-13)8-9-23(3,19)20/h4-7,14H,8-11H2,1-3H3,(H,17,18). The van der Waals surface area contributed by atoms with Crippen molar-refractivity contribution in [2.75, 3.05) is 30.5 Å². The molecule has 0 bridgehead atoms. The van der Waals surface area contributed by atoms with Gasteiger partial charge < -0.3 is 14.8 Å². The largest absolute Gasteiger partial charge is 0.370 e. The SMILES string of the molecule is CC1(C)COC(C(=O)Nc2ccc(CCS(C)(=O)=O)cc2)CO1. The van der Waals surface area contributed by atoms with Gasteiger partial charge in [0.1, 0.15) is 9.84 Å². The lowest BCUT2D eigenvalue weighted by atomic mass is 10.1. The lowest BCUT2D eigenvalue weighted by Crippen LogP contribution is -2.47. The van der Waals surface area contributed by atoms with Gasteiger partial charge in [0.15, 0.2) is 6.10 Å². The van der Waals surface area contributed by atoms with Crippen molar-refractivity contribution in [3.63, 3.8) is 0 Å². The normalized spacial score (nSPS) is 20.9. The van der Waals surface area contributed by atoms with E-state index in [-0.39, 0.29) is 23.9 Å². The van der Waals surface area contributed by atoms with Crippen LogP contribution in [0.3, 0.4) is 0 Å². The highest BCUT2D eigenvalue weighted by atomic mass is 32.2. The monoisotopic (exact) mass is 341 g/mol. The van der Waals surface area contributed by atoms with E-state index < -0.39 is 15.9 Å². The Balaban J connectivity index is 1.87. The van der Waals surface area contributed by atoms with Crippen molar-refractivity contribution in [1.82, 2.24) is 0 Å². The molecule has 1 unspecified atom stereocenters. The fourth-order valence-corrected chi connectivity index (χ4v) is 2.73. The van der Waals surface area contributed by atoms with Crippen LogP contribution in [0.4, 0.5) is 5.69 Å². The number of carbonyl (C=O) groups excluding carboxylic acids is 1. The van der Waals surface area contributed by atoms with Gasteiger partial charge in [-0.1, -0.05) is 12.1 Å². The second-order valence-electron chi connectivity index (χ2n) is 6.44. The minimum absolute atomic E-state index is 0.113. The Morgan fingerprint density at radius 3 is 2.48 bits per heavy atom. The molecule has 1 atom stereocenters. The predicted octanol–water partition coefficient (Wildman–Crippen LogP) is 1.41. The predicted molar refractivity (Wildman–Crippen MR) is 88.3 cm³/mol. The third-order valence-corrected chi connectivity index (χ3v) is 4.48. The summed E-state index contributed by atoms with van der Waals surface area (Å²) in [6.07, 6.45) is 1.06. The number of sulfone groups is 1.